The Kier molecular flexibility index (Phi) is 12.2. The van der Waals surface area contributed by atoms with Crippen LogP contribution in [-0.2, 0) is 27.2 Å². The van der Waals surface area contributed by atoms with Crippen LogP contribution < -0.4 is 20.7 Å². The summed E-state index contributed by atoms with van der Waals surface area (Å²) in [4.78, 5) is 46.8. The summed E-state index contributed by atoms with van der Waals surface area (Å²) < 4.78 is 34.6. The molecule has 7 atom stereocenters. The molecule has 0 unspecified atom stereocenters. The number of amides is 3. The Hall–Kier alpha value is -4.42. The van der Waals surface area contributed by atoms with Gasteiger partial charge in [-0.1, -0.05) is 56.7 Å². The first-order chi connectivity index (χ1) is 24.0. The van der Waals surface area contributed by atoms with Crippen LogP contribution in [0.25, 0.3) is 0 Å². The molecule has 0 saturated carbocycles. The van der Waals surface area contributed by atoms with Crippen molar-refractivity contribution < 1.29 is 33.0 Å². The number of aromatic nitrogens is 1. The maximum absolute atomic E-state index is 14.4. The van der Waals surface area contributed by atoms with Crippen LogP contribution >= 0.6 is 0 Å². The maximum atomic E-state index is 14.4. The van der Waals surface area contributed by atoms with Gasteiger partial charge in [-0.05, 0) is 60.9 Å². The molecule has 268 valence electrons. The molecule has 2 aromatic carbocycles. The Morgan fingerprint density at radius 1 is 1.10 bits per heavy atom. The number of rotatable bonds is 15. The van der Waals surface area contributed by atoms with Crippen molar-refractivity contribution in [2.24, 2.45) is 5.92 Å². The van der Waals surface area contributed by atoms with Crippen molar-refractivity contribution in [2.75, 3.05) is 13.1 Å². The molecule has 0 aliphatic carbocycles. The number of hydrogen-bond donors (Lipinski definition) is 4. The largest absolute Gasteiger partial charge is 0.473 e. The van der Waals surface area contributed by atoms with Gasteiger partial charge in [0.15, 0.2) is 0 Å². The van der Waals surface area contributed by atoms with Crippen LogP contribution in [0.3, 0.4) is 0 Å². The molecule has 3 heterocycles. The number of nitrogens with zero attached hydrogens (tertiary/aromatic N) is 2. The fourth-order valence-electron chi connectivity index (χ4n) is 7.26. The number of benzene rings is 2. The topological polar surface area (TPSA) is 133 Å². The zero-order chi connectivity index (χ0) is 35.8. The molecule has 5 rings (SSSR count). The lowest BCUT2D eigenvalue weighted by atomic mass is 9.81. The van der Waals surface area contributed by atoms with Crippen molar-refractivity contribution in [3.05, 3.63) is 95.7 Å². The number of pyridine rings is 1. The van der Waals surface area contributed by atoms with Crippen molar-refractivity contribution >= 4 is 17.7 Å². The molecule has 0 spiro atoms. The molecule has 1 aromatic heterocycles. The second kappa shape index (κ2) is 16.5. The lowest BCUT2D eigenvalue weighted by Gasteiger charge is -2.36. The van der Waals surface area contributed by atoms with Crippen LogP contribution in [0.15, 0.2) is 72.9 Å². The van der Waals surface area contributed by atoms with Crippen molar-refractivity contribution in [3.63, 3.8) is 0 Å². The number of ether oxygens (including phenoxy) is 1. The number of aryl methyl sites for hydroxylation is 1. The highest BCUT2D eigenvalue weighted by molar-refractivity contribution is 5.96. The molecule has 10 nitrogen and oxygen atoms in total. The van der Waals surface area contributed by atoms with Gasteiger partial charge >= 0.3 is 0 Å². The number of hydrogen-bond acceptors (Lipinski definition) is 7. The predicted octanol–water partition coefficient (Wildman–Crippen LogP) is 3.71. The van der Waals surface area contributed by atoms with E-state index >= 15 is 0 Å². The average molecular weight is 692 g/mol. The molecule has 12 heteroatoms. The van der Waals surface area contributed by atoms with Crippen molar-refractivity contribution in [3.8, 4) is 5.88 Å². The summed E-state index contributed by atoms with van der Waals surface area (Å²) in [7, 11) is 0. The van der Waals surface area contributed by atoms with Crippen LogP contribution in [0.2, 0.25) is 0 Å². The van der Waals surface area contributed by atoms with Gasteiger partial charge in [0.1, 0.15) is 29.3 Å². The first kappa shape index (κ1) is 36.9. The molecule has 4 N–H and O–H groups in total. The van der Waals surface area contributed by atoms with E-state index in [-0.39, 0.29) is 48.8 Å². The Morgan fingerprint density at radius 3 is 2.48 bits per heavy atom. The molecule has 2 aliphatic rings. The maximum Gasteiger partial charge on any atom is 0.249 e. The summed E-state index contributed by atoms with van der Waals surface area (Å²) in [5, 5.41) is 20.9. The van der Waals surface area contributed by atoms with E-state index in [9.17, 15) is 28.3 Å². The van der Waals surface area contributed by atoms with Crippen LogP contribution in [0.5, 0.6) is 5.88 Å². The monoisotopic (exact) mass is 691 g/mol. The minimum Gasteiger partial charge on any atom is -0.473 e. The number of likely N-dealkylation sites (tertiary alicyclic amines) is 1. The van der Waals surface area contributed by atoms with Crippen LogP contribution in [0.4, 0.5) is 8.78 Å². The fraction of sp³-hybridized carbons (Fsp3) is 0.474. The normalized spacial score (nSPS) is 22.8. The van der Waals surface area contributed by atoms with E-state index in [1.54, 1.807) is 18.3 Å². The highest BCUT2D eigenvalue weighted by atomic mass is 19.1. The molecular formula is C38H47F2N5O5. The smallest absolute Gasteiger partial charge is 0.249 e. The van der Waals surface area contributed by atoms with Crippen molar-refractivity contribution in [1.29, 1.82) is 0 Å². The molecule has 0 bridgehead atoms. The quantitative estimate of drug-likeness (QED) is 0.191. The van der Waals surface area contributed by atoms with E-state index in [4.69, 9.17) is 4.74 Å². The lowest BCUT2D eigenvalue weighted by Crippen LogP contribution is -2.61. The van der Waals surface area contributed by atoms with E-state index in [2.05, 4.69) is 20.9 Å². The van der Waals surface area contributed by atoms with E-state index in [1.165, 1.54) is 24.0 Å². The summed E-state index contributed by atoms with van der Waals surface area (Å²) in [5.74, 6) is -2.45. The number of nitrogens with one attached hydrogen (secondary N) is 3. The lowest BCUT2D eigenvalue weighted by molar-refractivity contribution is -0.144. The summed E-state index contributed by atoms with van der Waals surface area (Å²) >= 11 is 0. The Bertz CT molecular complexity index is 1600. The van der Waals surface area contributed by atoms with E-state index in [0.29, 0.717) is 38.1 Å². The van der Waals surface area contributed by atoms with E-state index in [0.717, 1.165) is 11.6 Å². The van der Waals surface area contributed by atoms with Gasteiger partial charge in [0, 0.05) is 50.8 Å². The Labute approximate surface area is 292 Å². The second-order valence-electron chi connectivity index (χ2n) is 13.5. The van der Waals surface area contributed by atoms with Crippen LogP contribution in [0.1, 0.15) is 57.6 Å². The molecule has 3 aromatic rings. The summed E-state index contributed by atoms with van der Waals surface area (Å²) in [5.41, 5.74) is 0.0823. The standard InChI is InChI=1S/C38H47F2N5O5/c1-4-24(2)38(44-25(3)46)15-17-45(37(38)49)33(14-13-26-10-6-5-7-11-26)36(48)43-32(20-27-18-28(39)21-29(40)19-27)35(47)31-22-30(23-42-31)50-34-12-8-9-16-41-34/h5-12,16,18-19,21,24,30-33,35,42,47H,4,13-15,17,20,22-23H2,1-3H3,(H,43,48)(H,44,46)/t24-,30+,31-,32+,33+,35-,38+/m1/s1. The highest BCUT2D eigenvalue weighted by Gasteiger charge is 2.53. The third-order valence-electron chi connectivity index (χ3n) is 10.1. The number of aliphatic hydroxyl groups is 1. The molecule has 2 aliphatic heterocycles. The summed E-state index contributed by atoms with van der Waals surface area (Å²) in [6.07, 6.45) is 2.17. The van der Waals surface area contributed by atoms with Gasteiger partial charge in [0.2, 0.25) is 23.6 Å². The SMILES string of the molecule is CC[C@@H](C)[C@@]1(NC(C)=O)CCN([C@@H](CCc2ccccc2)C(=O)N[C@@H](Cc2cc(F)cc(F)c2)[C@H](O)[C@H]2C[C@H](Oc3ccccn3)CN2)C1=O. The van der Waals surface area contributed by atoms with Gasteiger partial charge in [0.25, 0.3) is 0 Å². The van der Waals surface area contributed by atoms with Gasteiger partial charge in [-0.15, -0.1) is 0 Å². The van der Waals surface area contributed by atoms with E-state index in [1.807, 2.05) is 50.2 Å². The molecule has 2 saturated heterocycles. The number of halogens is 2. The predicted molar refractivity (Wildman–Crippen MR) is 184 cm³/mol. The van der Waals surface area contributed by atoms with Gasteiger partial charge in [-0.25, -0.2) is 13.8 Å². The number of carbonyl (C=O) groups excluding carboxylic acids is 3. The zero-order valence-corrected chi connectivity index (χ0v) is 28.8. The molecule has 0 radical (unpaired) electrons. The molecule has 50 heavy (non-hydrogen) atoms. The van der Waals surface area contributed by atoms with Crippen molar-refractivity contribution in [1.82, 2.24) is 25.8 Å². The minimum absolute atomic E-state index is 0.0758. The Balaban J connectivity index is 1.41. The van der Waals surface area contributed by atoms with Crippen LogP contribution in [-0.4, -0.2) is 81.7 Å². The van der Waals surface area contributed by atoms with Gasteiger partial charge in [-0.3, -0.25) is 14.4 Å². The Morgan fingerprint density at radius 2 is 1.82 bits per heavy atom. The minimum atomic E-state index is -1.19. The molecular weight excluding hydrogens is 644 g/mol. The van der Waals surface area contributed by atoms with Crippen molar-refractivity contribution in [2.45, 2.75) is 95.2 Å². The first-order valence-electron chi connectivity index (χ1n) is 17.4. The summed E-state index contributed by atoms with van der Waals surface area (Å²) in [6, 6.07) is 15.6. The second-order valence-corrected chi connectivity index (χ2v) is 13.5. The third kappa shape index (κ3) is 8.83. The van der Waals surface area contributed by atoms with Crippen LogP contribution in [0, 0.1) is 17.6 Å². The first-order valence-corrected chi connectivity index (χ1v) is 17.4. The number of carbonyl (C=O) groups is 3. The highest BCUT2D eigenvalue weighted by Crippen LogP contribution is 2.35. The summed E-state index contributed by atoms with van der Waals surface area (Å²) in [6.45, 7) is 5.91. The molecule has 3 amide bonds. The number of aliphatic hydroxyl groups excluding tert-OH is 1. The van der Waals surface area contributed by atoms with Gasteiger partial charge in [0.05, 0.1) is 12.1 Å². The van der Waals surface area contributed by atoms with Gasteiger partial charge in [-0.2, -0.15) is 0 Å². The zero-order valence-electron chi connectivity index (χ0n) is 28.8. The van der Waals surface area contributed by atoms with E-state index < -0.39 is 47.3 Å². The fourth-order valence-corrected chi connectivity index (χ4v) is 7.26. The molecule has 2 fully saturated rings. The average Bonchev–Trinajstić information content (AvgIpc) is 3.68. The third-order valence-corrected chi connectivity index (χ3v) is 10.1. The van der Waals surface area contributed by atoms with Gasteiger partial charge < -0.3 is 30.7 Å².